The fraction of sp³-hybridized carbons (Fsp3) is 0.500. The van der Waals surface area contributed by atoms with Crippen LogP contribution in [0.3, 0.4) is 0 Å². The molecule has 6 heteroatoms. The molecule has 0 saturated heterocycles. The van der Waals surface area contributed by atoms with Gasteiger partial charge in [0.05, 0.1) is 0 Å². The fourth-order valence-corrected chi connectivity index (χ4v) is 1.59. The van der Waals surface area contributed by atoms with Crippen molar-refractivity contribution in [1.82, 2.24) is 15.2 Å². The summed E-state index contributed by atoms with van der Waals surface area (Å²) in [5.74, 6) is 0.443. The van der Waals surface area contributed by atoms with E-state index in [1.807, 2.05) is 7.05 Å². The molecular formula is C12H19ClN4O. The van der Waals surface area contributed by atoms with E-state index in [1.54, 1.807) is 19.2 Å². The van der Waals surface area contributed by atoms with Crippen LogP contribution in [0.5, 0.6) is 0 Å². The van der Waals surface area contributed by atoms with Gasteiger partial charge < -0.3 is 15.5 Å². The first-order valence-corrected chi connectivity index (χ1v) is 6.26. The first kappa shape index (κ1) is 14.7. The minimum Gasteiger partial charge on any atom is -0.373 e. The van der Waals surface area contributed by atoms with Gasteiger partial charge in [0.25, 0.3) is 5.91 Å². The van der Waals surface area contributed by atoms with Gasteiger partial charge in [0.1, 0.15) is 11.0 Å². The number of amides is 1. The maximum absolute atomic E-state index is 11.9. The van der Waals surface area contributed by atoms with Crippen molar-refractivity contribution in [2.24, 2.45) is 0 Å². The van der Waals surface area contributed by atoms with Crippen molar-refractivity contribution in [3.8, 4) is 0 Å². The summed E-state index contributed by atoms with van der Waals surface area (Å²) in [5.41, 5.74) is 0.513. The van der Waals surface area contributed by atoms with Crippen LogP contribution in [0.2, 0.25) is 5.15 Å². The second kappa shape index (κ2) is 7.18. The molecule has 18 heavy (non-hydrogen) atoms. The summed E-state index contributed by atoms with van der Waals surface area (Å²) < 4.78 is 0. The molecule has 0 atom stereocenters. The van der Waals surface area contributed by atoms with Crippen molar-refractivity contribution in [3.05, 3.63) is 22.8 Å². The summed E-state index contributed by atoms with van der Waals surface area (Å²) in [7, 11) is 3.74. The molecule has 0 fully saturated rings. The number of nitrogens with zero attached hydrogens (tertiary/aromatic N) is 2. The van der Waals surface area contributed by atoms with E-state index in [1.165, 1.54) is 0 Å². The number of carbonyl (C=O) groups excluding carboxylic acids is 1. The van der Waals surface area contributed by atoms with Crippen molar-refractivity contribution in [1.29, 1.82) is 0 Å². The molecule has 1 heterocycles. The van der Waals surface area contributed by atoms with Crippen LogP contribution in [0.4, 0.5) is 5.82 Å². The molecular weight excluding hydrogens is 252 g/mol. The average Bonchev–Trinajstić information content (AvgIpc) is 2.37. The smallest absolute Gasteiger partial charge is 0.251 e. The van der Waals surface area contributed by atoms with Crippen LogP contribution in [0.15, 0.2) is 12.1 Å². The number of rotatable bonds is 6. The minimum atomic E-state index is -0.139. The highest BCUT2D eigenvalue weighted by Gasteiger charge is 2.08. The van der Waals surface area contributed by atoms with Crippen LogP contribution in [0, 0.1) is 0 Å². The quantitative estimate of drug-likeness (QED) is 0.769. The lowest BCUT2D eigenvalue weighted by atomic mass is 10.2. The average molecular weight is 271 g/mol. The third-order valence-electron chi connectivity index (χ3n) is 2.63. The zero-order chi connectivity index (χ0) is 13.5. The van der Waals surface area contributed by atoms with Gasteiger partial charge in [-0.1, -0.05) is 18.5 Å². The number of likely N-dealkylation sites (N-methyl/N-ethyl adjacent to an activating group) is 1. The van der Waals surface area contributed by atoms with Crippen molar-refractivity contribution in [2.45, 2.75) is 6.92 Å². The topological polar surface area (TPSA) is 57.3 Å². The van der Waals surface area contributed by atoms with Crippen LogP contribution in [-0.2, 0) is 0 Å². The van der Waals surface area contributed by atoms with E-state index in [0.29, 0.717) is 23.1 Å². The van der Waals surface area contributed by atoms with E-state index >= 15 is 0 Å². The van der Waals surface area contributed by atoms with Gasteiger partial charge in [-0.25, -0.2) is 4.98 Å². The lowest BCUT2D eigenvalue weighted by Crippen LogP contribution is -2.32. The van der Waals surface area contributed by atoms with Gasteiger partial charge in [0.2, 0.25) is 0 Å². The summed E-state index contributed by atoms with van der Waals surface area (Å²) >= 11 is 5.84. The Morgan fingerprint density at radius 3 is 2.83 bits per heavy atom. The monoisotopic (exact) mass is 270 g/mol. The Morgan fingerprint density at radius 1 is 1.50 bits per heavy atom. The molecule has 1 aromatic rings. The predicted octanol–water partition coefficient (Wildman–Crippen LogP) is 1.46. The number of halogens is 1. The van der Waals surface area contributed by atoms with Gasteiger partial charge in [-0.3, -0.25) is 4.79 Å². The molecule has 1 amide bonds. The molecule has 0 unspecified atom stereocenters. The molecule has 1 rings (SSSR count). The van der Waals surface area contributed by atoms with Crippen LogP contribution in [-0.4, -0.2) is 49.5 Å². The highest BCUT2D eigenvalue weighted by atomic mass is 35.5. The minimum absolute atomic E-state index is 0.139. The highest BCUT2D eigenvalue weighted by Crippen LogP contribution is 2.13. The third kappa shape index (κ3) is 4.50. The lowest BCUT2D eigenvalue weighted by molar-refractivity contribution is 0.0950. The second-order valence-electron chi connectivity index (χ2n) is 3.97. The molecule has 0 bridgehead atoms. The summed E-state index contributed by atoms with van der Waals surface area (Å²) in [5, 5.41) is 6.01. The summed E-state index contributed by atoms with van der Waals surface area (Å²) in [6, 6.07) is 3.23. The molecule has 0 aromatic carbocycles. The first-order valence-electron chi connectivity index (χ1n) is 5.89. The van der Waals surface area contributed by atoms with E-state index in [4.69, 9.17) is 11.6 Å². The summed E-state index contributed by atoms with van der Waals surface area (Å²) in [6.07, 6.45) is 0. The molecule has 0 aliphatic heterocycles. The standard InChI is InChI=1S/C12H19ClN4O/c1-4-17(3)6-5-15-12(18)9-7-10(13)16-11(8-9)14-2/h7-8H,4-6H2,1-3H3,(H,14,16)(H,15,18). The van der Waals surface area contributed by atoms with Gasteiger partial charge in [0.15, 0.2) is 0 Å². The Morgan fingerprint density at radius 2 is 2.22 bits per heavy atom. The van der Waals surface area contributed by atoms with Gasteiger partial charge in [0, 0.05) is 25.7 Å². The number of hydrogen-bond acceptors (Lipinski definition) is 4. The molecule has 0 spiro atoms. The lowest BCUT2D eigenvalue weighted by Gasteiger charge is -2.14. The molecule has 100 valence electrons. The van der Waals surface area contributed by atoms with Crippen molar-refractivity contribution in [3.63, 3.8) is 0 Å². The van der Waals surface area contributed by atoms with Gasteiger partial charge in [-0.15, -0.1) is 0 Å². The molecule has 0 saturated carbocycles. The fourth-order valence-electron chi connectivity index (χ4n) is 1.38. The van der Waals surface area contributed by atoms with E-state index in [0.717, 1.165) is 13.1 Å². The largest absolute Gasteiger partial charge is 0.373 e. The van der Waals surface area contributed by atoms with E-state index in [-0.39, 0.29) is 5.91 Å². The predicted molar refractivity (Wildman–Crippen MR) is 74.3 cm³/mol. The highest BCUT2D eigenvalue weighted by molar-refractivity contribution is 6.29. The number of anilines is 1. The van der Waals surface area contributed by atoms with E-state index in [9.17, 15) is 4.79 Å². The SMILES string of the molecule is CCN(C)CCNC(=O)c1cc(Cl)nc(NC)c1. The number of carbonyl (C=O) groups is 1. The summed E-state index contributed by atoms with van der Waals surface area (Å²) in [6.45, 7) is 4.46. The molecule has 0 radical (unpaired) electrons. The zero-order valence-electron chi connectivity index (χ0n) is 11.0. The maximum Gasteiger partial charge on any atom is 0.251 e. The van der Waals surface area contributed by atoms with Crippen molar-refractivity contribution in [2.75, 3.05) is 39.0 Å². The first-order chi connectivity index (χ1) is 8.56. The van der Waals surface area contributed by atoms with Crippen LogP contribution in [0.25, 0.3) is 0 Å². The molecule has 2 N–H and O–H groups in total. The van der Waals surface area contributed by atoms with E-state index < -0.39 is 0 Å². The number of pyridine rings is 1. The molecule has 1 aromatic heterocycles. The van der Waals surface area contributed by atoms with Crippen molar-refractivity contribution < 1.29 is 4.79 Å². The van der Waals surface area contributed by atoms with E-state index in [2.05, 4.69) is 27.4 Å². The Labute approximate surface area is 113 Å². The van der Waals surface area contributed by atoms with Crippen LogP contribution < -0.4 is 10.6 Å². The van der Waals surface area contributed by atoms with Gasteiger partial charge in [-0.2, -0.15) is 0 Å². The van der Waals surface area contributed by atoms with Crippen LogP contribution in [0.1, 0.15) is 17.3 Å². The third-order valence-corrected chi connectivity index (χ3v) is 2.82. The number of nitrogens with one attached hydrogen (secondary N) is 2. The second-order valence-corrected chi connectivity index (χ2v) is 4.35. The molecule has 0 aliphatic carbocycles. The molecule has 5 nitrogen and oxygen atoms in total. The Hall–Kier alpha value is -1.33. The Kier molecular flexibility index (Phi) is 5.88. The van der Waals surface area contributed by atoms with Crippen molar-refractivity contribution >= 4 is 23.3 Å². The van der Waals surface area contributed by atoms with Gasteiger partial charge >= 0.3 is 0 Å². The maximum atomic E-state index is 11.9. The Bertz CT molecular complexity index is 411. The zero-order valence-corrected chi connectivity index (χ0v) is 11.7. The molecule has 0 aliphatic rings. The number of aromatic nitrogens is 1. The van der Waals surface area contributed by atoms with Crippen LogP contribution >= 0.6 is 11.6 Å². The summed E-state index contributed by atoms with van der Waals surface area (Å²) in [4.78, 5) is 18.0. The Balaban J connectivity index is 2.58. The van der Waals surface area contributed by atoms with Gasteiger partial charge in [-0.05, 0) is 25.7 Å². The normalized spacial score (nSPS) is 10.5. The number of hydrogen-bond donors (Lipinski definition) is 2.